The highest BCUT2D eigenvalue weighted by Gasteiger charge is 2.31. The SMILES string of the molecule is Cc1ccccc1CCc1ccc(N2CC(F)CC2CC=O)cc1. The van der Waals surface area contributed by atoms with Crippen LogP contribution in [0.1, 0.15) is 29.5 Å². The van der Waals surface area contributed by atoms with Crippen LogP contribution in [-0.4, -0.2) is 25.0 Å². The predicted octanol–water partition coefficient (Wildman–Crippen LogP) is 4.29. The molecular weight excluding hydrogens is 301 g/mol. The van der Waals surface area contributed by atoms with Crippen LogP contribution in [0.25, 0.3) is 0 Å². The molecular formula is C21H24FNO. The van der Waals surface area contributed by atoms with Gasteiger partial charge in [-0.1, -0.05) is 36.4 Å². The Labute approximate surface area is 143 Å². The Morgan fingerprint density at radius 2 is 1.88 bits per heavy atom. The van der Waals surface area contributed by atoms with Crippen molar-refractivity contribution in [3.63, 3.8) is 0 Å². The van der Waals surface area contributed by atoms with Crippen LogP contribution >= 0.6 is 0 Å². The summed E-state index contributed by atoms with van der Waals surface area (Å²) in [5.41, 5.74) is 5.01. The van der Waals surface area contributed by atoms with Gasteiger partial charge in [-0.2, -0.15) is 0 Å². The third-order valence-electron chi connectivity index (χ3n) is 4.94. The molecule has 3 rings (SSSR count). The van der Waals surface area contributed by atoms with Gasteiger partial charge in [-0.05, 0) is 48.6 Å². The first-order valence-corrected chi connectivity index (χ1v) is 8.65. The normalized spacial score (nSPS) is 20.3. The van der Waals surface area contributed by atoms with E-state index in [4.69, 9.17) is 0 Å². The molecule has 2 aromatic rings. The number of nitrogens with zero attached hydrogens (tertiary/aromatic N) is 1. The van der Waals surface area contributed by atoms with Crippen LogP contribution in [0.15, 0.2) is 48.5 Å². The fourth-order valence-electron chi connectivity index (χ4n) is 3.53. The van der Waals surface area contributed by atoms with Gasteiger partial charge < -0.3 is 9.69 Å². The molecule has 2 nitrogen and oxygen atoms in total. The molecule has 0 radical (unpaired) electrons. The fraction of sp³-hybridized carbons (Fsp3) is 0.381. The Balaban J connectivity index is 1.65. The van der Waals surface area contributed by atoms with Gasteiger partial charge in [-0.3, -0.25) is 0 Å². The summed E-state index contributed by atoms with van der Waals surface area (Å²) in [6, 6.07) is 16.8. The molecule has 1 aliphatic heterocycles. The van der Waals surface area contributed by atoms with E-state index in [2.05, 4.69) is 55.5 Å². The van der Waals surface area contributed by atoms with Gasteiger partial charge in [0.2, 0.25) is 0 Å². The third-order valence-corrected chi connectivity index (χ3v) is 4.94. The standard InChI is InChI=1S/C21H24FNO/c1-16-4-2-3-5-18(16)9-6-17-7-10-20(11-8-17)23-15-19(22)14-21(23)12-13-24/h2-5,7-8,10-11,13,19,21H,6,9,12,14-15H2,1H3. The van der Waals surface area contributed by atoms with E-state index in [1.54, 1.807) is 0 Å². The largest absolute Gasteiger partial charge is 0.365 e. The minimum absolute atomic E-state index is 0.00433. The molecule has 2 atom stereocenters. The summed E-state index contributed by atoms with van der Waals surface area (Å²) >= 11 is 0. The van der Waals surface area contributed by atoms with Crippen molar-refractivity contribution < 1.29 is 9.18 Å². The highest BCUT2D eigenvalue weighted by Crippen LogP contribution is 2.29. The quantitative estimate of drug-likeness (QED) is 0.739. The van der Waals surface area contributed by atoms with E-state index in [0.717, 1.165) is 24.8 Å². The summed E-state index contributed by atoms with van der Waals surface area (Å²) in [7, 11) is 0. The van der Waals surface area contributed by atoms with Crippen molar-refractivity contribution in [2.45, 2.75) is 44.8 Å². The average Bonchev–Trinajstić information content (AvgIpc) is 2.95. The van der Waals surface area contributed by atoms with E-state index in [1.807, 2.05) is 4.90 Å². The van der Waals surface area contributed by atoms with Crippen molar-refractivity contribution in [2.24, 2.45) is 0 Å². The lowest BCUT2D eigenvalue weighted by Crippen LogP contribution is -2.29. The molecule has 0 N–H and O–H groups in total. The van der Waals surface area contributed by atoms with Gasteiger partial charge >= 0.3 is 0 Å². The lowest BCUT2D eigenvalue weighted by atomic mass is 10.0. The van der Waals surface area contributed by atoms with Gasteiger partial charge in [0, 0.05) is 31.1 Å². The first-order valence-electron chi connectivity index (χ1n) is 8.65. The number of carbonyl (C=O) groups is 1. The summed E-state index contributed by atoms with van der Waals surface area (Å²) in [5.74, 6) is 0. The molecule has 2 aromatic carbocycles. The molecule has 2 unspecified atom stereocenters. The van der Waals surface area contributed by atoms with Gasteiger partial charge in [-0.25, -0.2) is 4.39 Å². The second-order valence-electron chi connectivity index (χ2n) is 6.63. The van der Waals surface area contributed by atoms with Crippen LogP contribution in [0.4, 0.5) is 10.1 Å². The minimum atomic E-state index is -0.837. The Morgan fingerprint density at radius 1 is 1.12 bits per heavy atom. The number of carbonyl (C=O) groups excluding carboxylic acids is 1. The molecule has 0 amide bonds. The van der Waals surface area contributed by atoms with Crippen molar-refractivity contribution in [3.8, 4) is 0 Å². The number of alkyl halides is 1. The maximum Gasteiger partial charge on any atom is 0.122 e. The molecule has 0 aromatic heterocycles. The van der Waals surface area contributed by atoms with Crippen molar-refractivity contribution in [1.82, 2.24) is 0 Å². The number of rotatable bonds is 6. The summed E-state index contributed by atoms with van der Waals surface area (Å²) < 4.78 is 13.7. The van der Waals surface area contributed by atoms with Crippen LogP contribution in [0, 0.1) is 6.92 Å². The number of benzene rings is 2. The maximum atomic E-state index is 13.7. The summed E-state index contributed by atoms with van der Waals surface area (Å²) in [6.07, 6.45) is 2.93. The number of aldehydes is 1. The lowest BCUT2D eigenvalue weighted by Gasteiger charge is -2.25. The van der Waals surface area contributed by atoms with E-state index in [1.165, 1.54) is 16.7 Å². The molecule has 126 valence electrons. The Kier molecular flexibility index (Phi) is 5.29. The van der Waals surface area contributed by atoms with E-state index < -0.39 is 6.17 Å². The average molecular weight is 325 g/mol. The Hall–Kier alpha value is -2.16. The monoisotopic (exact) mass is 325 g/mol. The molecule has 3 heteroatoms. The molecule has 1 aliphatic rings. The number of hydrogen-bond acceptors (Lipinski definition) is 2. The number of hydrogen-bond donors (Lipinski definition) is 0. The van der Waals surface area contributed by atoms with Crippen LogP contribution in [0.5, 0.6) is 0 Å². The summed E-state index contributed by atoms with van der Waals surface area (Å²) in [6.45, 7) is 2.54. The van der Waals surface area contributed by atoms with E-state index >= 15 is 0 Å². The molecule has 0 aliphatic carbocycles. The third kappa shape index (κ3) is 3.84. The smallest absolute Gasteiger partial charge is 0.122 e. The predicted molar refractivity (Wildman–Crippen MR) is 96.4 cm³/mol. The second kappa shape index (κ2) is 7.61. The van der Waals surface area contributed by atoms with Crippen LogP contribution in [-0.2, 0) is 17.6 Å². The van der Waals surface area contributed by atoms with Gasteiger partial charge in [0.25, 0.3) is 0 Å². The van der Waals surface area contributed by atoms with Crippen molar-refractivity contribution in [2.75, 3.05) is 11.4 Å². The topological polar surface area (TPSA) is 20.3 Å². The summed E-state index contributed by atoms with van der Waals surface area (Å²) in [5, 5.41) is 0. The molecule has 1 saturated heterocycles. The molecule has 0 spiro atoms. The molecule has 0 bridgehead atoms. The zero-order chi connectivity index (χ0) is 16.9. The Bertz CT molecular complexity index is 682. The fourth-order valence-corrected chi connectivity index (χ4v) is 3.53. The molecule has 24 heavy (non-hydrogen) atoms. The zero-order valence-corrected chi connectivity index (χ0v) is 14.1. The van der Waals surface area contributed by atoms with E-state index in [0.29, 0.717) is 19.4 Å². The zero-order valence-electron chi connectivity index (χ0n) is 14.1. The van der Waals surface area contributed by atoms with Gasteiger partial charge in [0.15, 0.2) is 0 Å². The van der Waals surface area contributed by atoms with Crippen LogP contribution in [0.2, 0.25) is 0 Å². The van der Waals surface area contributed by atoms with Crippen LogP contribution < -0.4 is 4.90 Å². The summed E-state index contributed by atoms with van der Waals surface area (Å²) in [4.78, 5) is 12.8. The van der Waals surface area contributed by atoms with Gasteiger partial charge in [0.1, 0.15) is 12.5 Å². The number of halogens is 1. The molecule has 1 heterocycles. The van der Waals surface area contributed by atoms with E-state index in [-0.39, 0.29) is 6.04 Å². The van der Waals surface area contributed by atoms with Crippen LogP contribution in [0.3, 0.4) is 0 Å². The van der Waals surface area contributed by atoms with Crippen molar-refractivity contribution in [1.29, 1.82) is 0 Å². The van der Waals surface area contributed by atoms with Gasteiger partial charge in [0.05, 0.1) is 0 Å². The van der Waals surface area contributed by atoms with Crippen molar-refractivity contribution >= 4 is 12.0 Å². The number of anilines is 1. The second-order valence-corrected chi connectivity index (χ2v) is 6.63. The van der Waals surface area contributed by atoms with Crippen molar-refractivity contribution in [3.05, 3.63) is 65.2 Å². The lowest BCUT2D eigenvalue weighted by molar-refractivity contribution is -0.108. The first kappa shape index (κ1) is 16.7. The van der Waals surface area contributed by atoms with E-state index in [9.17, 15) is 9.18 Å². The highest BCUT2D eigenvalue weighted by atomic mass is 19.1. The first-order chi connectivity index (χ1) is 11.7. The molecule has 1 fully saturated rings. The highest BCUT2D eigenvalue weighted by molar-refractivity contribution is 5.56. The Morgan fingerprint density at radius 3 is 2.58 bits per heavy atom. The number of aryl methyl sites for hydroxylation is 3. The molecule has 0 saturated carbocycles. The maximum absolute atomic E-state index is 13.7. The van der Waals surface area contributed by atoms with Gasteiger partial charge in [-0.15, -0.1) is 0 Å². The minimum Gasteiger partial charge on any atom is -0.365 e.